The van der Waals surface area contributed by atoms with Crippen molar-refractivity contribution >= 4 is 16.9 Å². The van der Waals surface area contributed by atoms with Crippen LogP contribution in [0.25, 0.3) is 10.9 Å². The van der Waals surface area contributed by atoms with Crippen LogP contribution in [0.2, 0.25) is 0 Å². The highest BCUT2D eigenvalue weighted by atomic mass is 16.4. The molecule has 0 saturated carbocycles. The zero-order chi connectivity index (χ0) is 12.5. The molecule has 0 aliphatic heterocycles. The summed E-state index contributed by atoms with van der Waals surface area (Å²) in [7, 11) is 0. The predicted octanol–water partition coefficient (Wildman–Crippen LogP) is 1.61. The first-order chi connectivity index (χ1) is 7.99. The lowest BCUT2D eigenvalue weighted by atomic mass is 9.97. The molecule has 4 heteroatoms. The number of aliphatic hydroxyl groups is 1. The molecule has 1 aromatic carbocycles. The van der Waals surface area contributed by atoms with Crippen molar-refractivity contribution in [2.75, 3.05) is 0 Å². The van der Waals surface area contributed by atoms with Gasteiger partial charge in [0.25, 0.3) is 0 Å². The molecular weight excluding hydrogens is 218 g/mol. The molecule has 0 fully saturated rings. The summed E-state index contributed by atoms with van der Waals surface area (Å²) in [5, 5.41) is 19.5. The van der Waals surface area contributed by atoms with Crippen LogP contribution in [0.5, 0.6) is 0 Å². The number of aromatic nitrogens is 1. The lowest BCUT2D eigenvalue weighted by molar-refractivity contribution is -0.156. The standard InChI is InChI=1S/C13H13NO3/c1-13(17,12(15)16)7-9-6-10-4-2-3-5-11(10)14-8-9/h2-6,8,17H,7H2,1H3,(H,15,16). The Morgan fingerprint density at radius 3 is 2.82 bits per heavy atom. The van der Waals surface area contributed by atoms with Crippen molar-refractivity contribution in [3.63, 3.8) is 0 Å². The third kappa shape index (κ3) is 2.42. The maximum Gasteiger partial charge on any atom is 0.335 e. The van der Waals surface area contributed by atoms with E-state index in [2.05, 4.69) is 4.98 Å². The molecule has 1 heterocycles. The van der Waals surface area contributed by atoms with E-state index in [4.69, 9.17) is 5.11 Å². The molecule has 0 spiro atoms. The minimum Gasteiger partial charge on any atom is -0.479 e. The molecule has 17 heavy (non-hydrogen) atoms. The van der Waals surface area contributed by atoms with Crippen molar-refractivity contribution in [3.05, 3.63) is 42.1 Å². The summed E-state index contributed by atoms with van der Waals surface area (Å²) < 4.78 is 0. The van der Waals surface area contributed by atoms with E-state index in [1.807, 2.05) is 30.3 Å². The number of nitrogens with zero attached hydrogens (tertiary/aromatic N) is 1. The lowest BCUT2D eigenvalue weighted by Crippen LogP contribution is -2.37. The summed E-state index contributed by atoms with van der Waals surface area (Å²) in [5.74, 6) is -1.23. The van der Waals surface area contributed by atoms with Crippen molar-refractivity contribution in [2.45, 2.75) is 18.9 Å². The summed E-state index contributed by atoms with van der Waals surface area (Å²) in [6, 6.07) is 9.42. The minimum absolute atomic E-state index is 0.0418. The number of fused-ring (bicyclic) bond motifs is 1. The zero-order valence-corrected chi connectivity index (χ0v) is 9.42. The smallest absolute Gasteiger partial charge is 0.335 e. The second-order valence-corrected chi connectivity index (χ2v) is 4.29. The van der Waals surface area contributed by atoms with Gasteiger partial charge in [0.1, 0.15) is 0 Å². The fourth-order valence-corrected chi connectivity index (χ4v) is 1.69. The normalized spacial score (nSPS) is 14.5. The third-order valence-corrected chi connectivity index (χ3v) is 2.66. The number of para-hydroxylation sites is 1. The van der Waals surface area contributed by atoms with Crippen LogP contribution in [-0.2, 0) is 11.2 Å². The maximum atomic E-state index is 10.8. The highest BCUT2D eigenvalue weighted by molar-refractivity contribution is 5.80. The van der Waals surface area contributed by atoms with Gasteiger partial charge in [-0.05, 0) is 24.6 Å². The molecule has 88 valence electrons. The van der Waals surface area contributed by atoms with Gasteiger partial charge in [-0.1, -0.05) is 18.2 Å². The molecule has 1 unspecified atom stereocenters. The average molecular weight is 231 g/mol. The largest absolute Gasteiger partial charge is 0.479 e. The van der Waals surface area contributed by atoms with Crippen LogP contribution < -0.4 is 0 Å². The maximum absolute atomic E-state index is 10.8. The molecule has 4 nitrogen and oxygen atoms in total. The molecule has 2 N–H and O–H groups in total. The number of benzene rings is 1. The summed E-state index contributed by atoms with van der Waals surface area (Å²) in [6.07, 6.45) is 1.64. The quantitative estimate of drug-likeness (QED) is 0.842. The van der Waals surface area contributed by atoms with E-state index in [1.54, 1.807) is 6.20 Å². The van der Waals surface area contributed by atoms with E-state index < -0.39 is 11.6 Å². The molecule has 0 aliphatic rings. The molecule has 0 bridgehead atoms. The van der Waals surface area contributed by atoms with Crippen molar-refractivity contribution in [2.24, 2.45) is 0 Å². The van der Waals surface area contributed by atoms with Crippen LogP contribution in [-0.4, -0.2) is 26.8 Å². The third-order valence-electron chi connectivity index (χ3n) is 2.66. The highest BCUT2D eigenvalue weighted by Gasteiger charge is 2.30. The topological polar surface area (TPSA) is 70.4 Å². The Morgan fingerprint density at radius 2 is 2.12 bits per heavy atom. The summed E-state index contributed by atoms with van der Waals surface area (Å²) in [5.41, 5.74) is -0.202. The zero-order valence-electron chi connectivity index (χ0n) is 9.42. The minimum atomic E-state index is -1.76. The Hall–Kier alpha value is -1.94. The molecule has 0 aliphatic carbocycles. The van der Waals surface area contributed by atoms with Gasteiger partial charge in [-0.15, -0.1) is 0 Å². The number of carboxylic acids is 1. The Labute approximate surface area is 98.5 Å². The second kappa shape index (κ2) is 4.14. The summed E-state index contributed by atoms with van der Waals surface area (Å²) in [4.78, 5) is 15.0. The molecule has 1 atom stereocenters. The number of carbonyl (C=O) groups is 1. The van der Waals surface area contributed by atoms with E-state index in [-0.39, 0.29) is 6.42 Å². The molecule has 2 rings (SSSR count). The first-order valence-electron chi connectivity index (χ1n) is 5.28. The van der Waals surface area contributed by atoms with Gasteiger partial charge in [0.2, 0.25) is 0 Å². The van der Waals surface area contributed by atoms with E-state index in [0.717, 1.165) is 10.9 Å². The number of hydrogen-bond donors (Lipinski definition) is 2. The first kappa shape index (κ1) is 11.5. The van der Waals surface area contributed by atoms with E-state index >= 15 is 0 Å². The molecule has 0 amide bonds. The van der Waals surface area contributed by atoms with Crippen molar-refractivity contribution in [3.8, 4) is 0 Å². The predicted molar refractivity (Wildman–Crippen MR) is 63.7 cm³/mol. The Balaban J connectivity index is 2.34. The molecule has 1 aromatic heterocycles. The molecular formula is C13H13NO3. The van der Waals surface area contributed by atoms with E-state index in [9.17, 15) is 9.90 Å². The van der Waals surface area contributed by atoms with Crippen LogP contribution in [0, 0.1) is 0 Å². The van der Waals surface area contributed by atoms with Gasteiger partial charge in [-0.3, -0.25) is 4.98 Å². The first-order valence-corrected chi connectivity index (χ1v) is 5.28. The van der Waals surface area contributed by atoms with Crippen molar-refractivity contribution < 1.29 is 15.0 Å². The van der Waals surface area contributed by atoms with Gasteiger partial charge in [-0.2, -0.15) is 0 Å². The van der Waals surface area contributed by atoms with Crippen LogP contribution in [0.1, 0.15) is 12.5 Å². The SMILES string of the molecule is CC(O)(Cc1cnc2ccccc2c1)C(=O)O. The van der Waals surface area contributed by atoms with Crippen LogP contribution in [0.15, 0.2) is 36.5 Å². The van der Waals surface area contributed by atoms with E-state index in [1.165, 1.54) is 6.92 Å². The average Bonchev–Trinajstić information content (AvgIpc) is 2.28. The fraction of sp³-hybridized carbons (Fsp3) is 0.231. The van der Waals surface area contributed by atoms with Gasteiger partial charge in [0.05, 0.1) is 5.52 Å². The second-order valence-electron chi connectivity index (χ2n) is 4.29. The van der Waals surface area contributed by atoms with E-state index in [0.29, 0.717) is 5.56 Å². The number of pyridine rings is 1. The Morgan fingerprint density at radius 1 is 1.41 bits per heavy atom. The van der Waals surface area contributed by atoms with Gasteiger partial charge < -0.3 is 10.2 Å². The number of aliphatic carboxylic acids is 1. The molecule has 0 radical (unpaired) electrons. The van der Waals surface area contributed by atoms with Gasteiger partial charge in [-0.25, -0.2) is 4.79 Å². The van der Waals surface area contributed by atoms with Crippen LogP contribution in [0.3, 0.4) is 0 Å². The summed E-state index contributed by atoms with van der Waals surface area (Å²) >= 11 is 0. The monoisotopic (exact) mass is 231 g/mol. The summed E-state index contributed by atoms with van der Waals surface area (Å²) in [6.45, 7) is 1.28. The van der Waals surface area contributed by atoms with Crippen molar-refractivity contribution in [1.82, 2.24) is 4.98 Å². The fourth-order valence-electron chi connectivity index (χ4n) is 1.69. The lowest BCUT2D eigenvalue weighted by Gasteiger charge is -2.17. The number of rotatable bonds is 3. The number of carboxylic acid groups (broad SMARTS) is 1. The van der Waals surface area contributed by atoms with Crippen molar-refractivity contribution in [1.29, 1.82) is 0 Å². The Kier molecular flexibility index (Phi) is 2.81. The van der Waals surface area contributed by atoms with Gasteiger partial charge >= 0.3 is 5.97 Å². The van der Waals surface area contributed by atoms with Crippen LogP contribution in [0.4, 0.5) is 0 Å². The van der Waals surface area contributed by atoms with Crippen LogP contribution >= 0.6 is 0 Å². The highest BCUT2D eigenvalue weighted by Crippen LogP contribution is 2.17. The Bertz CT molecular complexity index is 563. The molecule has 2 aromatic rings. The molecule has 0 saturated heterocycles. The van der Waals surface area contributed by atoms with Gasteiger partial charge in [0.15, 0.2) is 5.60 Å². The number of hydrogen-bond acceptors (Lipinski definition) is 3. The van der Waals surface area contributed by atoms with Gasteiger partial charge in [0, 0.05) is 18.0 Å².